The van der Waals surface area contributed by atoms with Crippen molar-refractivity contribution in [3.05, 3.63) is 58.6 Å². The molecule has 144 valence electrons. The van der Waals surface area contributed by atoms with Gasteiger partial charge in [-0.1, -0.05) is 37.3 Å². The summed E-state index contributed by atoms with van der Waals surface area (Å²) in [6.45, 7) is 4.81. The number of nitrogens with one attached hydrogen (secondary N) is 2. The standard InChI is InChI=1S/C19H25N5O3/c1-3-24-11-12-27-15(16(24)14-7-5-4-6-8-14)13-21-19(26)22-17-18(25)23(2)10-9-20-17/h4-10,15-16H,3,11-13H2,1-2H3,(H2,20,21,22,26)/t15-,16-/m0/s1. The summed E-state index contributed by atoms with van der Waals surface area (Å²) in [5.41, 5.74) is 0.797. The Morgan fingerprint density at radius 1 is 1.33 bits per heavy atom. The van der Waals surface area contributed by atoms with Crippen molar-refractivity contribution < 1.29 is 9.53 Å². The van der Waals surface area contributed by atoms with Crippen LogP contribution in [0.2, 0.25) is 0 Å². The molecule has 27 heavy (non-hydrogen) atoms. The number of carbonyl (C=O) groups is 1. The number of urea groups is 1. The number of carbonyl (C=O) groups excluding carboxylic acids is 1. The van der Waals surface area contributed by atoms with E-state index in [-0.39, 0.29) is 23.5 Å². The molecule has 2 amide bonds. The Hall–Kier alpha value is -2.71. The molecule has 0 aliphatic carbocycles. The van der Waals surface area contributed by atoms with Crippen LogP contribution in [0.3, 0.4) is 0 Å². The summed E-state index contributed by atoms with van der Waals surface area (Å²) in [5, 5.41) is 5.31. The highest BCUT2D eigenvalue weighted by Gasteiger charge is 2.32. The van der Waals surface area contributed by atoms with Crippen LogP contribution in [0.4, 0.5) is 10.6 Å². The van der Waals surface area contributed by atoms with Crippen LogP contribution >= 0.6 is 0 Å². The van der Waals surface area contributed by atoms with Crippen molar-refractivity contribution in [2.24, 2.45) is 7.05 Å². The second-order valence-corrected chi connectivity index (χ2v) is 6.42. The summed E-state index contributed by atoms with van der Waals surface area (Å²) in [6, 6.07) is 9.73. The van der Waals surface area contributed by atoms with Crippen LogP contribution in [-0.2, 0) is 11.8 Å². The summed E-state index contributed by atoms with van der Waals surface area (Å²) >= 11 is 0. The minimum absolute atomic E-state index is 0.00291. The van der Waals surface area contributed by atoms with E-state index in [1.807, 2.05) is 18.2 Å². The minimum atomic E-state index is -0.477. The molecule has 1 aliphatic heterocycles. The van der Waals surface area contributed by atoms with E-state index in [1.165, 1.54) is 17.0 Å². The smallest absolute Gasteiger partial charge is 0.320 e. The van der Waals surface area contributed by atoms with E-state index in [0.717, 1.165) is 18.7 Å². The zero-order valence-corrected chi connectivity index (χ0v) is 15.6. The fraction of sp³-hybridized carbons (Fsp3) is 0.421. The lowest BCUT2D eigenvalue weighted by atomic mass is 9.98. The second kappa shape index (κ2) is 8.79. The highest BCUT2D eigenvalue weighted by Crippen LogP contribution is 2.28. The molecule has 1 aromatic heterocycles. The van der Waals surface area contributed by atoms with Gasteiger partial charge in [0.1, 0.15) is 0 Å². The lowest BCUT2D eigenvalue weighted by molar-refractivity contribution is -0.0680. The van der Waals surface area contributed by atoms with Crippen LogP contribution in [0.5, 0.6) is 0 Å². The Bertz CT molecular complexity index is 824. The number of nitrogens with zero attached hydrogens (tertiary/aromatic N) is 3. The second-order valence-electron chi connectivity index (χ2n) is 6.42. The largest absolute Gasteiger partial charge is 0.373 e. The van der Waals surface area contributed by atoms with Gasteiger partial charge in [-0.3, -0.25) is 15.0 Å². The van der Waals surface area contributed by atoms with Crippen molar-refractivity contribution in [2.75, 3.05) is 31.6 Å². The van der Waals surface area contributed by atoms with Crippen molar-refractivity contribution in [1.82, 2.24) is 19.8 Å². The number of rotatable bonds is 5. The van der Waals surface area contributed by atoms with Gasteiger partial charge in [-0.25, -0.2) is 9.78 Å². The van der Waals surface area contributed by atoms with Crippen LogP contribution < -0.4 is 16.2 Å². The molecule has 1 fully saturated rings. The van der Waals surface area contributed by atoms with Gasteiger partial charge in [-0.05, 0) is 12.1 Å². The number of hydrogen-bond acceptors (Lipinski definition) is 5. The van der Waals surface area contributed by atoms with E-state index in [0.29, 0.717) is 13.2 Å². The molecule has 0 saturated carbocycles. The van der Waals surface area contributed by atoms with Crippen molar-refractivity contribution in [2.45, 2.75) is 19.1 Å². The highest BCUT2D eigenvalue weighted by molar-refractivity contribution is 5.87. The number of benzene rings is 1. The quantitative estimate of drug-likeness (QED) is 0.829. The van der Waals surface area contributed by atoms with Crippen molar-refractivity contribution in [1.29, 1.82) is 0 Å². The predicted octanol–water partition coefficient (Wildman–Crippen LogP) is 1.36. The molecule has 2 N–H and O–H groups in total. The number of morpholine rings is 1. The van der Waals surface area contributed by atoms with E-state index < -0.39 is 6.03 Å². The molecule has 2 aromatic rings. The third kappa shape index (κ3) is 4.53. The van der Waals surface area contributed by atoms with Gasteiger partial charge >= 0.3 is 6.03 Å². The number of anilines is 1. The zero-order valence-electron chi connectivity index (χ0n) is 15.6. The molecule has 2 heterocycles. The maximum Gasteiger partial charge on any atom is 0.320 e. The van der Waals surface area contributed by atoms with Gasteiger partial charge < -0.3 is 14.6 Å². The lowest BCUT2D eigenvalue weighted by Gasteiger charge is -2.41. The zero-order chi connectivity index (χ0) is 19.2. The third-order valence-corrected chi connectivity index (χ3v) is 4.72. The van der Waals surface area contributed by atoms with E-state index in [9.17, 15) is 9.59 Å². The average molecular weight is 371 g/mol. The van der Waals surface area contributed by atoms with Gasteiger partial charge in [0, 0.05) is 32.5 Å². The molecular formula is C19H25N5O3. The normalized spacial score (nSPS) is 20.2. The monoisotopic (exact) mass is 371 g/mol. The molecule has 0 unspecified atom stereocenters. The number of amides is 2. The van der Waals surface area contributed by atoms with Crippen molar-refractivity contribution in [3.63, 3.8) is 0 Å². The average Bonchev–Trinajstić information content (AvgIpc) is 2.70. The van der Waals surface area contributed by atoms with Gasteiger partial charge in [0.05, 0.1) is 18.8 Å². The summed E-state index contributed by atoms with van der Waals surface area (Å²) in [6.07, 6.45) is 2.81. The van der Waals surface area contributed by atoms with E-state index in [1.54, 1.807) is 7.05 Å². The van der Waals surface area contributed by atoms with Gasteiger partial charge in [0.15, 0.2) is 0 Å². The maximum absolute atomic E-state index is 12.2. The van der Waals surface area contributed by atoms with Gasteiger partial charge in [-0.2, -0.15) is 0 Å². The van der Waals surface area contributed by atoms with E-state index >= 15 is 0 Å². The van der Waals surface area contributed by atoms with Crippen molar-refractivity contribution in [3.8, 4) is 0 Å². The number of aromatic nitrogens is 2. The Balaban J connectivity index is 1.66. The van der Waals surface area contributed by atoms with E-state index in [4.69, 9.17) is 4.74 Å². The van der Waals surface area contributed by atoms with Gasteiger partial charge in [0.2, 0.25) is 5.82 Å². The van der Waals surface area contributed by atoms with Crippen molar-refractivity contribution >= 4 is 11.8 Å². The van der Waals surface area contributed by atoms with Crippen LogP contribution in [0.1, 0.15) is 18.5 Å². The topological polar surface area (TPSA) is 88.5 Å². The first-order chi connectivity index (χ1) is 13.1. The van der Waals surface area contributed by atoms with Gasteiger partial charge in [0.25, 0.3) is 5.56 Å². The molecule has 8 heteroatoms. The molecule has 1 aromatic carbocycles. The summed E-state index contributed by atoms with van der Waals surface area (Å²) in [7, 11) is 1.60. The number of hydrogen-bond donors (Lipinski definition) is 2. The Morgan fingerprint density at radius 2 is 2.11 bits per heavy atom. The predicted molar refractivity (Wildman–Crippen MR) is 103 cm³/mol. The summed E-state index contributed by atoms with van der Waals surface area (Å²) in [4.78, 5) is 30.5. The maximum atomic E-state index is 12.2. The third-order valence-electron chi connectivity index (χ3n) is 4.72. The van der Waals surface area contributed by atoms with Crippen LogP contribution in [0.15, 0.2) is 47.5 Å². The first-order valence-electron chi connectivity index (χ1n) is 9.07. The molecular weight excluding hydrogens is 346 g/mol. The molecule has 8 nitrogen and oxygen atoms in total. The first-order valence-corrected chi connectivity index (χ1v) is 9.07. The fourth-order valence-electron chi connectivity index (χ4n) is 3.32. The van der Waals surface area contributed by atoms with Gasteiger partial charge in [-0.15, -0.1) is 0 Å². The highest BCUT2D eigenvalue weighted by atomic mass is 16.5. The van der Waals surface area contributed by atoms with E-state index in [2.05, 4.69) is 39.6 Å². The Kier molecular flexibility index (Phi) is 6.20. The molecule has 0 bridgehead atoms. The Labute approximate surface area is 158 Å². The number of aryl methyl sites for hydroxylation is 1. The van der Waals surface area contributed by atoms with Crippen LogP contribution in [0, 0.1) is 0 Å². The summed E-state index contributed by atoms with van der Waals surface area (Å²) in [5.74, 6) is -0.00291. The van der Waals surface area contributed by atoms with Crippen LogP contribution in [0.25, 0.3) is 0 Å². The number of ether oxygens (including phenoxy) is 1. The lowest BCUT2D eigenvalue weighted by Crippen LogP contribution is -2.50. The minimum Gasteiger partial charge on any atom is -0.373 e. The summed E-state index contributed by atoms with van der Waals surface area (Å²) < 4.78 is 7.31. The Morgan fingerprint density at radius 3 is 2.85 bits per heavy atom. The molecule has 0 radical (unpaired) electrons. The fourth-order valence-corrected chi connectivity index (χ4v) is 3.32. The molecule has 0 spiro atoms. The molecule has 1 aliphatic rings. The first kappa shape index (κ1) is 19.1. The van der Waals surface area contributed by atoms with Crippen LogP contribution in [-0.4, -0.2) is 52.8 Å². The number of likely N-dealkylation sites (N-methyl/N-ethyl adjacent to an activating group) is 1. The SMILES string of the molecule is CCN1CCO[C@@H](CNC(=O)Nc2nccn(C)c2=O)[C@@H]1c1ccccc1. The molecule has 1 saturated heterocycles. The molecule has 3 rings (SSSR count). The molecule has 2 atom stereocenters.